The van der Waals surface area contributed by atoms with Crippen LogP contribution in [0.5, 0.6) is 0 Å². The van der Waals surface area contributed by atoms with E-state index in [9.17, 15) is 14.4 Å². The van der Waals surface area contributed by atoms with Crippen LogP contribution in [0.4, 0.5) is 4.39 Å². The predicted octanol–water partition coefficient (Wildman–Crippen LogP) is 2.05. The van der Waals surface area contributed by atoms with Gasteiger partial charge in [-0.1, -0.05) is 12.1 Å². The zero-order chi connectivity index (χ0) is 19.3. The number of nitrogens with one attached hydrogen (secondary N) is 1. The van der Waals surface area contributed by atoms with Crippen LogP contribution in [-0.4, -0.2) is 66.0 Å². The van der Waals surface area contributed by atoms with Crippen molar-refractivity contribution in [3.05, 3.63) is 35.6 Å². The Morgan fingerprint density at radius 3 is 2.57 bits per heavy atom. The van der Waals surface area contributed by atoms with Gasteiger partial charge in [0.05, 0.1) is 5.92 Å². The number of amides is 1. The number of hydroxylamine groups is 3. The second-order valence-electron chi connectivity index (χ2n) is 9.70. The quantitative estimate of drug-likeness (QED) is 0.759. The van der Waals surface area contributed by atoms with Gasteiger partial charge in [-0.3, -0.25) is 4.79 Å². The van der Waals surface area contributed by atoms with E-state index >= 15 is 0 Å². The van der Waals surface area contributed by atoms with Gasteiger partial charge < -0.3 is 10.2 Å². The van der Waals surface area contributed by atoms with E-state index in [-0.39, 0.29) is 28.3 Å². The molecule has 6 rings (SSSR count). The molecule has 28 heavy (non-hydrogen) atoms. The number of halogens is 1. The molecule has 0 spiro atoms. The summed E-state index contributed by atoms with van der Waals surface area (Å²) in [4.78, 5) is 15.5. The summed E-state index contributed by atoms with van der Waals surface area (Å²) in [6.07, 6.45) is 4.14. The molecule has 1 saturated carbocycles. The molecule has 4 aliphatic heterocycles. The average molecular weight is 389 g/mol. The van der Waals surface area contributed by atoms with E-state index in [0.717, 1.165) is 70.5 Å². The Labute approximate surface area is 166 Å². The summed E-state index contributed by atoms with van der Waals surface area (Å²) in [7, 11) is 0. The Morgan fingerprint density at radius 2 is 1.89 bits per heavy atom. The molecule has 5 aliphatic rings. The van der Waals surface area contributed by atoms with E-state index in [2.05, 4.69) is 10.2 Å². The molecular weight excluding hydrogens is 357 g/mol. The molecule has 152 valence electrons. The fraction of sp³-hybridized carbons (Fsp3) is 0.682. The molecule has 4 saturated heterocycles. The van der Waals surface area contributed by atoms with Gasteiger partial charge in [0.2, 0.25) is 5.91 Å². The van der Waals surface area contributed by atoms with Gasteiger partial charge in [0.1, 0.15) is 25.5 Å². The molecule has 0 aromatic heterocycles. The molecule has 0 radical (unpaired) electrons. The second kappa shape index (κ2) is 7.08. The lowest BCUT2D eigenvalue weighted by molar-refractivity contribution is -1.12. The number of rotatable bonds is 5. The first kappa shape index (κ1) is 18.5. The number of hydrogen-bond acceptors (Lipinski definition) is 3. The molecule has 1 aliphatic carbocycles. The fourth-order valence-electron chi connectivity index (χ4n) is 6.55. The maximum absolute atomic E-state index is 13.1. The first-order valence-electron chi connectivity index (χ1n) is 10.8. The summed E-state index contributed by atoms with van der Waals surface area (Å²) < 4.78 is 13.2. The van der Waals surface area contributed by atoms with Gasteiger partial charge >= 0.3 is 0 Å². The zero-order valence-electron chi connectivity index (χ0n) is 16.4. The number of nitrogens with zero attached hydrogens (tertiary/aromatic N) is 2. The number of quaternary nitrogens is 1. The lowest BCUT2D eigenvalue weighted by atomic mass is 9.61. The van der Waals surface area contributed by atoms with E-state index in [1.807, 2.05) is 12.1 Å². The molecule has 2 unspecified atom stereocenters. The number of likely N-dealkylation sites (tertiary alicyclic amines) is 1. The summed E-state index contributed by atoms with van der Waals surface area (Å²) in [6, 6.07) is 6.97. The Bertz CT molecular complexity index is 724. The first-order chi connectivity index (χ1) is 13.5. The van der Waals surface area contributed by atoms with Crippen LogP contribution in [0.15, 0.2) is 24.3 Å². The largest absolute Gasteiger partial charge is 0.352 e. The van der Waals surface area contributed by atoms with Gasteiger partial charge in [0.25, 0.3) is 0 Å². The highest BCUT2D eigenvalue weighted by molar-refractivity contribution is 5.80. The minimum absolute atomic E-state index is 0.100. The highest BCUT2D eigenvalue weighted by atomic mass is 19.1. The third kappa shape index (κ3) is 3.58. The molecule has 5 fully saturated rings. The number of benzene rings is 1. The van der Waals surface area contributed by atoms with Gasteiger partial charge in [-0.2, -0.15) is 4.65 Å². The molecule has 2 N–H and O–H groups in total. The van der Waals surface area contributed by atoms with Crippen LogP contribution in [0.1, 0.15) is 24.8 Å². The minimum Gasteiger partial charge on any atom is -0.352 e. The van der Waals surface area contributed by atoms with Crippen molar-refractivity contribution in [1.29, 1.82) is 0 Å². The van der Waals surface area contributed by atoms with Crippen molar-refractivity contribution in [2.24, 2.45) is 23.7 Å². The summed E-state index contributed by atoms with van der Waals surface area (Å²) >= 11 is 0. The van der Waals surface area contributed by atoms with Gasteiger partial charge in [0, 0.05) is 43.4 Å². The van der Waals surface area contributed by atoms with Crippen LogP contribution in [-0.2, 0) is 11.2 Å². The predicted molar refractivity (Wildman–Crippen MR) is 103 cm³/mol. The standard InChI is InChI=1S/C22H30FN3O2/c23-19-3-1-15(2-4-19)5-7-25-8-6-20(11-25)24-22(27)21-17-9-16-10-18(21)14-26(28,12-16)13-17/h1-4,16-18,20-21,28H,5-14H2/p+1/t16?,17?,18?,20-,21?,26?/m0/s1. The molecular formula is C22H31FN3O2+. The zero-order valence-corrected chi connectivity index (χ0v) is 16.4. The van der Waals surface area contributed by atoms with Crippen molar-refractivity contribution in [2.45, 2.75) is 31.7 Å². The van der Waals surface area contributed by atoms with Gasteiger partial charge in [-0.25, -0.2) is 9.60 Å². The molecule has 3 atom stereocenters. The van der Waals surface area contributed by atoms with Crippen LogP contribution >= 0.6 is 0 Å². The monoisotopic (exact) mass is 388 g/mol. The summed E-state index contributed by atoms with van der Waals surface area (Å²) in [5, 5.41) is 14.0. The SMILES string of the molecule is O=C(N[C@H]1CCN(CCc2ccc(F)cc2)C1)C1C2CC3CC1C[N+](O)(C3)C2. The summed E-state index contributed by atoms with van der Waals surface area (Å²) in [5.41, 5.74) is 1.15. The maximum atomic E-state index is 13.1. The summed E-state index contributed by atoms with van der Waals surface area (Å²) in [5.74, 6) is 1.46. The third-order valence-electron chi connectivity index (χ3n) is 7.59. The van der Waals surface area contributed by atoms with Crippen LogP contribution in [0.3, 0.4) is 0 Å². The molecule has 1 amide bonds. The van der Waals surface area contributed by atoms with Crippen molar-refractivity contribution < 1.29 is 19.0 Å². The number of carbonyl (C=O) groups is 1. The Kier molecular flexibility index (Phi) is 4.68. The second-order valence-corrected chi connectivity index (χ2v) is 9.70. The molecule has 1 aromatic carbocycles. The Hall–Kier alpha value is -1.50. The fourth-order valence-corrected chi connectivity index (χ4v) is 6.55. The average Bonchev–Trinajstić information content (AvgIpc) is 3.07. The Balaban J connectivity index is 1.12. The third-order valence-corrected chi connectivity index (χ3v) is 7.59. The van der Waals surface area contributed by atoms with Crippen molar-refractivity contribution in [1.82, 2.24) is 10.2 Å². The van der Waals surface area contributed by atoms with Crippen LogP contribution in [0.25, 0.3) is 0 Å². The maximum Gasteiger partial charge on any atom is 0.224 e. The van der Waals surface area contributed by atoms with E-state index in [1.165, 1.54) is 12.1 Å². The van der Waals surface area contributed by atoms with Gasteiger partial charge in [-0.15, -0.1) is 0 Å². The van der Waals surface area contributed by atoms with Crippen molar-refractivity contribution in [3.8, 4) is 0 Å². The van der Waals surface area contributed by atoms with E-state index < -0.39 is 0 Å². The van der Waals surface area contributed by atoms with E-state index in [1.54, 1.807) is 0 Å². The van der Waals surface area contributed by atoms with E-state index in [4.69, 9.17) is 0 Å². The lowest BCUT2D eigenvalue weighted by Gasteiger charge is -2.56. The first-order valence-corrected chi connectivity index (χ1v) is 10.8. The Morgan fingerprint density at radius 1 is 1.18 bits per heavy atom. The van der Waals surface area contributed by atoms with Crippen LogP contribution < -0.4 is 5.32 Å². The minimum atomic E-state index is -0.191. The van der Waals surface area contributed by atoms with Crippen molar-refractivity contribution in [2.75, 3.05) is 39.3 Å². The smallest absolute Gasteiger partial charge is 0.224 e. The lowest BCUT2D eigenvalue weighted by Crippen LogP contribution is -2.69. The molecule has 1 aromatic rings. The highest BCUT2D eigenvalue weighted by Gasteiger charge is 2.58. The molecule has 4 bridgehead atoms. The molecule has 4 heterocycles. The van der Waals surface area contributed by atoms with Crippen molar-refractivity contribution >= 4 is 5.91 Å². The van der Waals surface area contributed by atoms with Crippen LogP contribution in [0.2, 0.25) is 0 Å². The topological polar surface area (TPSA) is 52.6 Å². The van der Waals surface area contributed by atoms with E-state index in [0.29, 0.717) is 17.8 Å². The highest BCUT2D eigenvalue weighted by Crippen LogP contribution is 2.49. The molecule has 6 heteroatoms. The van der Waals surface area contributed by atoms with Crippen LogP contribution in [0, 0.1) is 29.5 Å². The molecule has 5 nitrogen and oxygen atoms in total. The number of piperidine rings is 3. The number of hydrogen-bond donors (Lipinski definition) is 2. The number of carbonyl (C=O) groups excluding carboxylic acids is 1. The van der Waals surface area contributed by atoms with Gasteiger partial charge in [-0.05, 0) is 43.4 Å². The van der Waals surface area contributed by atoms with Gasteiger partial charge in [0.15, 0.2) is 0 Å². The normalized spacial score (nSPS) is 39.4. The summed E-state index contributed by atoms with van der Waals surface area (Å²) in [6.45, 7) is 5.27. The van der Waals surface area contributed by atoms with Crippen molar-refractivity contribution in [3.63, 3.8) is 0 Å².